The van der Waals surface area contributed by atoms with Crippen molar-refractivity contribution in [2.24, 2.45) is 0 Å². The summed E-state index contributed by atoms with van der Waals surface area (Å²) in [5, 5.41) is 12.6. The first-order valence-corrected chi connectivity index (χ1v) is 8.44. The molecule has 2 heterocycles. The van der Waals surface area contributed by atoms with Crippen LogP contribution < -0.4 is 10.6 Å². The van der Waals surface area contributed by atoms with Gasteiger partial charge in [-0.25, -0.2) is 0 Å². The van der Waals surface area contributed by atoms with Gasteiger partial charge in [-0.3, -0.25) is 20.2 Å². The molecule has 0 bridgehead atoms. The first-order chi connectivity index (χ1) is 13.8. The number of carbonyl (C=O) groups excluding carboxylic acids is 1. The quantitative estimate of drug-likeness (QED) is 0.571. The van der Waals surface area contributed by atoms with Crippen molar-refractivity contribution < 1.29 is 18.0 Å². The smallest absolute Gasteiger partial charge is 0.375 e. The number of fused-ring (bicyclic) bond motifs is 1. The van der Waals surface area contributed by atoms with Gasteiger partial charge in [0.2, 0.25) is 0 Å². The number of benzene rings is 1. The van der Waals surface area contributed by atoms with E-state index in [0.717, 1.165) is 16.5 Å². The average molecular weight is 399 g/mol. The number of pyridine rings is 2. The third-order valence-electron chi connectivity index (χ3n) is 4.05. The molecule has 0 fully saturated rings. The molecule has 0 spiro atoms. The van der Waals surface area contributed by atoms with Crippen LogP contribution in [-0.4, -0.2) is 34.8 Å². The van der Waals surface area contributed by atoms with Gasteiger partial charge in [0.15, 0.2) is 0 Å². The van der Waals surface area contributed by atoms with Crippen LogP contribution in [-0.2, 0) is 0 Å². The van der Waals surface area contributed by atoms with E-state index in [1.54, 1.807) is 36.8 Å². The minimum absolute atomic E-state index is 0.221. The Morgan fingerprint density at radius 2 is 1.93 bits per heavy atom. The summed E-state index contributed by atoms with van der Waals surface area (Å²) in [4.78, 5) is 20.8. The van der Waals surface area contributed by atoms with E-state index in [4.69, 9.17) is 5.41 Å². The van der Waals surface area contributed by atoms with Gasteiger partial charge in [0.25, 0.3) is 5.91 Å². The SMILES string of the molecule is CN/C(=C\C(=N)C(F)(F)F)NC(=O)c1ccc2cc(-c3cccnc3)cnc2c1. The minimum Gasteiger partial charge on any atom is -0.375 e. The van der Waals surface area contributed by atoms with Crippen molar-refractivity contribution in [3.05, 3.63) is 72.4 Å². The van der Waals surface area contributed by atoms with Gasteiger partial charge in [-0.05, 0) is 24.3 Å². The van der Waals surface area contributed by atoms with Crippen LogP contribution in [0.2, 0.25) is 0 Å². The lowest BCUT2D eigenvalue weighted by Gasteiger charge is -2.11. The largest absolute Gasteiger partial charge is 0.432 e. The molecule has 2 aromatic heterocycles. The lowest BCUT2D eigenvalue weighted by atomic mass is 10.1. The number of amides is 1. The van der Waals surface area contributed by atoms with E-state index in [9.17, 15) is 18.0 Å². The summed E-state index contributed by atoms with van der Waals surface area (Å²) in [6, 6.07) is 10.4. The van der Waals surface area contributed by atoms with Gasteiger partial charge in [-0.1, -0.05) is 12.1 Å². The molecule has 1 amide bonds. The van der Waals surface area contributed by atoms with Gasteiger partial charge in [-0.15, -0.1) is 0 Å². The van der Waals surface area contributed by atoms with E-state index in [1.165, 1.54) is 7.05 Å². The van der Waals surface area contributed by atoms with Crippen molar-refractivity contribution in [2.45, 2.75) is 6.18 Å². The minimum atomic E-state index is -4.80. The van der Waals surface area contributed by atoms with E-state index in [2.05, 4.69) is 20.6 Å². The standard InChI is InChI=1S/C20H16F3N5O/c1-25-18(9-17(24)20(21,22)23)28-19(29)13-5-4-12-7-15(11-27-16(12)8-13)14-3-2-6-26-10-14/h2-11,24-25H,1H3,(H,28,29)/b18-9+,24-17?. The summed E-state index contributed by atoms with van der Waals surface area (Å²) < 4.78 is 37.5. The second-order valence-corrected chi connectivity index (χ2v) is 6.05. The number of aromatic nitrogens is 2. The maximum Gasteiger partial charge on any atom is 0.432 e. The van der Waals surface area contributed by atoms with E-state index < -0.39 is 17.8 Å². The fraction of sp³-hybridized carbons (Fsp3) is 0.100. The molecular weight excluding hydrogens is 383 g/mol. The number of hydrogen-bond donors (Lipinski definition) is 3. The van der Waals surface area contributed by atoms with E-state index in [-0.39, 0.29) is 11.4 Å². The highest BCUT2D eigenvalue weighted by Crippen LogP contribution is 2.23. The zero-order chi connectivity index (χ0) is 21.0. The number of alkyl halides is 3. The topological polar surface area (TPSA) is 90.8 Å². The first kappa shape index (κ1) is 20.0. The Bertz CT molecular complexity index is 1090. The summed E-state index contributed by atoms with van der Waals surface area (Å²) in [7, 11) is 1.34. The summed E-state index contributed by atoms with van der Waals surface area (Å²) >= 11 is 0. The molecule has 3 aromatic rings. The molecule has 0 radical (unpaired) electrons. The van der Waals surface area contributed by atoms with Gasteiger partial charge in [0.05, 0.1) is 5.52 Å². The predicted octanol–water partition coefficient (Wildman–Crippen LogP) is 3.67. The van der Waals surface area contributed by atoms with Crippen LogP contribution in [0.4, 0.5) is 13.2 Å². The highest BCUT2D eigenvalue weighted by molar-refractivity contribution is 6.01. The summed E-state index contributed by atoms with van der Waals surface area (Å²) in [6.07, 6.45) is 0.759. The number of allylic oxidation sites excluding steroid dienone is 1. The molecule has 0 aliphatic rings. The molecule has 3 N–H and O–H groups in total. The Kier molecular flexibility index (Phi) is 5.58. The Balaban J connectivity index is 1.83. The number of rotatable bonds is 5. The fourth-order valence-corrected chi connectivity index (χ4v) is 2.55. The summed E-state index contributed by atoms with van der Waals surface area (Å²) in [5.41, 5.74) is 0.973. The third-order valence-corrected chi connectivity index (χ3v) is 4.05. The Labute approximate surface area is 164 Å². The lowest BCUT2D eigenvalue weighted by Crippen LogP contribution is -2.32. The molecule has 1 aromatic carbocycles. The second kappa shape index (κ2) is 8.09. The van der Waals surface area contributed by atoms with Crippen LogP contribution in [0.5, 0.6) is 0 Å². The molecule has 0 aliphatic carbocycles. The lowest BCUT2D eigenvalue weighted by molar-refractivity contribution is -0.0584. The molecule has 6 nitrogen and oxygen atoms in total. The molecule has 9 heteroatoms. The number of hydrogen-bond acceptors (Lipinski definition) is 5. The van der Waals surface area contributed by atoms with E-state index >= 15 is 0 Å². The maximum atomic E-state index is 12.5. The summed E-state index contributed by atoms with van der Waals surface area (Å²) in [6.45, 7) is 0. The van der Waals surface area contributed by atoms with E-state index in [0.29, 0.717) is 11.6 Å². The van der Waals surface area contributed by atoms with Gasteiger partial charge < -0.3 is 10.6 Å². The molecule has 29 heavy (non-hydrogen) atoms. The zero-order valence-electron chi connectivity index (χ0n) is 15.2. The highest BCUT2D eigenvalue weighted by Gasteiger charge is 2.33. The van der Waals surface area contributed by atoms with Crippen LogP contribution in [0.15, 0.2) is 66.9 Å². The van der Waals surface area contributed by atoms with Crippen molar-refractivity contribution >= 4 is 22.5 Å². The van der Waals surface area contributed by atoms with Crippen molar-refractivity contribution in [1.82, 2.24) is 20.6 Å². The Hall–Kier alpha value is -3.75. The molecule has 148 valence electrons. The average Bonchev–Trinajstić information content (AvgIpc) is 2.72. The molecular formula is C20H16F3N5O. The van der Waals surface area contributed by atoms with Crippen molar-refractivity contribution in [1.29, 1.82) is 5.41 Å². The molecule has 3 rings (SSSR count). The normalized spacial score (nSPS) is 11.9. The van der Waals surface area contributed by atoms with E-state index in [1.807, 2.05) is 18.2 Å². The van der Waals surface area contributed by atoms with Crippen molar-refractivity contribution in [3.8, 4) is 11.1 Å². The van der Waals surface area contributed by atoms with Crippen LogP contribution >= 0.6 is 0 Å². The molecule has 0 unspecified atom stereocenters. The molecule has 0 saturated carbocycles. The fourth-order valence-electron chi connectivity index (χ4n) is 2.55. The monoisotopic (exact) mass is 399 g/mol. The molecule has 0 saturated heterocycles. The van der Waals surface area contributed by atoms with Gasteiger partial charge in [0, 0.05) is 53.8 Å². The summed E-state index contributed by atoms with van der Waals surface area (Å²) in [5.74, 6) is -0.863. The molecule has 0 atom stereocenters. The van der Waals surface area contributed by atoms with Crippen molar-refractivity contribution in [3.63, 3.8) is 0 Å². The molecule has 0 aliphatic heterocycles. The number of nitrogens with zero attached hydrogens (tertiary/aromatic N) is 2. The van der Waals surface area contributed by atoms with Gasteiger partial charge in [-0.2, -0.15) is 13.2 Å². The van der Waals surface area contributed by atoms with Crippen LogP contribution in [0.1, 0.15) is 10.4 Å². The van der Waals surface area contributed by atoms with Gasteiger partial charge >= 0.3 is 6.18 Å². The van der Waals surface area contributed by atoms with Gasteiger partial charge in [0.1, 0.15) is 11.5 Å². The second-order valence-electron chi connectivity index (χ2n) is 6.05. The van der Waals surface area contributed by atoms with Crippen LogP contribution in [0.3, 0.4) is 0 Å². The van der Waals surface area contributed by atoms with Crippen LogP contribution in [0, 0.1) is 5.41 Å². The Morgan fingerprint density at radius 1 is 1.14 bits per heavy atom. The number of nitrogens with one attached hydrogen (secondary N) is 3. The number of carbonyl (C=O) groups is 1. The first-order valence-electron chi connectivity index (χ1n) is 8.44. The number of halogens is 3. The third kappa shape index (κ3) is 4.75. The predicted molar refractivity (Wildman–Crippen MR) is 103 cm³/mol. The highest BCUT2D eigenvalue weighted by atomic mass is 19.4. The zero-order valence-corrected chi connectivity index (χ0v) is 15.2. The van der Waals surface area contributed by atoms with Crippen LogP contribution in [0.25, 0.3) is 22.0 Å². The Morgan fingerprint density at radius 3 is 2.59 bits per heavy atom. The maximum absolute atomic E-state index is 12.5. The van der Waals surface area contributed by atoms with Crippen molar-refractivity contribution in [2.75, 3.05) is 7.05 Å².